The topological polar surface area (TPSA) is 40.5 Å². The quantitative estimate of drug-likeness (QED) is 0.534. The standard InChI is InChI=1S/C21H20O2/c1-14-8-3-5-10-16(14)20(17-11-6-4-9-15(17)2)18-12-7-13-19(22)21(18)23/h3-13,20,22-23H,1-2H3. The van der Waals surface area contributed by atoms with Crippen molar-refractivity contribution < 1.29 is 10.2 Å². The van der Waals surface area contributed by atoms with E-state index in [1.807, 2.05) is 30.3 Å². The number of benzene rings is 3. The Labute approximate surface area is 136 Å². The summed E-state index contributed by atoms with van der Waals surface area (Å²) in [5.74, 6) is -0.261. The Kier molecular flexibility index (Phi) is 4.07. The zero-order chi connectivity index (χ0) is 16.4. The number of aromatic hydroxyl groups is 2. The van der Waals surface area contributed by atoms with Crippen LogP contribution in [0.4, 0.5) is 0 Å². The third-order valence-electron chi connectivity index (χ3n) is 4.36. The first-order chi connectivity index (χ1) is 11.1. The monoisotopic (exact) mass is 304 g/mol. The van der Waals surface area contributed by atoms with E-state index in [0.29, 0.717) is 5.56 Å². The molecule has 0 unspecified atom stereocenters. The maximum atomic E-state index is 10.4. The van der Waals surface area contributed by atoms with E-state index in [-0.39, 0.29) is 17.4 Å². The summed E-state index contributed by atoms with van der Waals surface area (Å²) in [6, 6.07) is 21.5. The van der Waals surface area contributed by atoms with Crippen LogP contribution in [0, 0.1) is 13.8 Å². The number of para-hydroxylation sites is 1. The Morgan fingerprint density at radius 2 is 1.09 bits per heavy atom. The van der Waals surface area contributed by atoms with Crippen LogP contribution in [0.25, 0.3) is 0 Å². The molecule has 0 spiro atoms. The Balaban J connectivity index is 2.29. The molecule has 0 aromatic heterocycles. The van der Waals surface area contributed by atoms with Crippen molar-refractivity contribution in [3.63, 3.8) is 0 Å². The van der Waals surface area contributed by atoms with Crippen LogP contribution in [-0.4, -0.2) is 10.2 Å². The van der Waals surface area contributed by atoms with Crippen LogP contribution in [-0.2, 0) is 0 Å². The molecule has 2 N–H and O–H groups in total. The predicted molar refractivity (Wildman–Crippen MR) is 93.1 cm³/mol. The van der Waals surface area contributed by atoms with Crippen LogP contribution in [0.15, 0.2) is 66.7 Å². The highest BCUT2D eigenvalue weighted by Crippen LogP contribution is 2.42. The van der Waals surface area contributed by atoms with Crippen LogP contribution in [0.1, 0.15) is 33.7 Å². The molecule has 3 aromatic carbocycles. The fourth-order valence-corrected chi connectivity index (χ4v) is 3.11. The maximum Gasteiger partial charge on any atom is 0.161 e. The van der Waals surface area contributed by atoms with Gasteiger partial charge in [-0.15, -0.1) is 0 Å². The Bertz CT molecular complexity index is 791. The number of aryl methyl sites for hydroxylation is 2. The van der Waals surface area contributed by atoms with Crippen LogP contribution < -0.4 is 0 Å². The van der Waals surface area contributed by atoms with Crippen molar-refractivity contribution in [3.8, 4) is 11.5 Å². The lowest BCUT2D eigenvalue weighted by molar-refractivity contribution is 0.399. The highest BCUT2D eigenvalue weighted by Gasteiger charge is 2.23. The summed E-state index contributed by atoms with van der Waals surface area (Å²) in [4.78, 5) is 0. The SMILES string of the molecule is Cc1ccccc1C(c1ccccc1C)c1cccc(O)c1O. The van der Waals surface area contributed by atoms with E-state index >= 15 is 0 Å². The predicted octanol–water partition coefficient (Wildman–Crippen LogP) is 4.89. The van der Waals surface area contributed by atoms with Crippen molar-refractivity contribution in [1.82, 2.24) is 0 Å². The molecule has 0 atom stereocenters. The van der Waals surface area contributed by atoms with E-state index in [1.54, 1.807) is 6.07 Å². The van der Waals surface area contributed by atoms with Crippen molar-refractivity contribution in [2.45, 2.75) is 19.8 Å². The second kappa shape index (κ2) is 6.17. The highest BCUT2D eigenvalue weighted by atomic mass is 16.3. The fourth-order valence-electron chi connectivity index (χ4n) is 3.11. The Hall–Kier alpha value is -2.74. The first-order valence-corrected chi connectivity index (χ1v) is 7.71. The smallest absolute Gasteiger partial charge is 0.161 e. The number of hydrogen-bond acceptors (Lipinski definition) is 2. The molecule has 0 aliphatic carbocycles. The first kappa shape index (κ1) is 15.2. The molecule has 0 heterocycles. The van der Waals surface area contributed by atoms with Gasteiger partial charge >= 0.3 is 0 Å². The zero-order valence-electron chi connectivity index (χ0n) is 13.3. The third kappa shape index (κ3) is 2.80. The summed E-state index contributed by atoms with van der Waals surface area (Å²) in [5, 5.41) is 20.4. The summed E-state index contributed by atoms with van der Waals surface area (Å²) >= 11 is 0. The maximum absolute atomic E-state index is 10.4. The van der Waals surface area contributed by atoms with Gasteiger partial charge < -0.3 is 10.2 Å². The lowest BCUT2D eigenvalue weighted by atomic mass is 9.81. The summed E-state index contributed by atoms with van der Waals surface area (Å²) in [6.07, 6.45) is 0. The van der Waals surface area contributed by atoms with E-state index in [9.17, 15) is 10.2 Å². The van der Waals surface area contributed by atoms with Crippen molar-refractivity contribution >= 4 is 0 Å². The number of rotatable bonds is 3. The lowest BCUT2D eigenvalue weighted by Crippen LogP contribution is -2.07. The molecule has 2 heteroatoms. The highest BCUT2D eigenvalue weighted by molar-refractivity contribution is 5.56. The second-order valence-electron chi connectivity index (χ2n) is 5.86. The van der Waals surface area contributed by atoms with Crippen molar-refractivity contribution in [2.75, 3.05) is 0 Å². The van der Waals surface area contributed by atoms with E-state index < -0.39 is 0 Å². The Morgan fingerprint density at radius 3 is 1.61 bits per heavy atom. The molecule has 0 aliphatic heterocycles. The van der Waals surface area contributed by atoms with E-state index in [0.717, 1.165) is 22.3 Å². The summed E-state index contributed by atoms with van der Waals surface area (Å²) in [5.41, 5.74) is 5.28. The molecule has 0 aliphatic rings. The van der Waals surface area contributed by atoms with Gasteiger partial charge in [-0.25, -0.2) is 0 Å². The average Bonchev–Trinajstić information content (AvgIpc) is 2.55. The number of phenols is 2. The van der Waals surface area contributed by atoms with Crippen molar-refractivity contribution in [1.29, 1.82) is 0 Å². The van der Waals surface area contributed by atoms with Gasteiger partial charge in [-0.05, 0) is 42.2 Å². The molecule has 0 saturated heterocycles. The number of hydrogen-bond donors (Lipinski definition) is 2. The van der Waals surface area contributed by atoms with Gasteiger partial charge in [0.1, 0.15) is 0 Å². The summed E-state index contributed by atoms with van der Waals surface area (Å²) in [7, 11) is 0. The largest absolute Gasteiger partial charge is 0.504 e. The fraction of sp³-hybridized carbons (Fsp3) is 0.143. The van der Waals surface area contributed by atoms with E-state index in [4.69, 9.17) is 0 Å². The zero-order valence-corrected chi connectivity index (χ0v) is 13.3. The number of phenolic OH excluding ortho intramolecular Hbond substituents is 2. The van der Waals surface area contributed by atoms with Crippen LogP contribution >= 0.6 is 0 Å². The van der Waals surface area contributed by atoms with Crippen LogP contribution in [0.3, 0.4) is 0 Å². The minimum absolute atomic E-state index is 0.0518. The van der Waals surface area contributed by atoms with Gasteiger partial charge in [0.2, 0.25) is 0 Å². The molecule has 2 nitrogen and oxygen atoms in total. The van der Waals surface area contributed by atoms with Gasteiger partial charge in [-0.3, -0.25) is 0 Å². The molecular formula is C21H20O2. The van der Waals surface area contributed by atoms with Gasteiger partial charge in [-0.1, -0.05) is 60.7 Å². The molecular weight excluding hydrogens is 284 g/mol. The molecule has 0 radical (unpaired) electrons. The van der Waals surface area contributed by atoms with Crippen LogP contribution in [0.5, 0.6) is 11.5 Å². The van der Waals surface area contributed by atoms with E-state index in [1.165, 1.54) is 6.07 Å². The normalized spacial score (nSPS) is 10.9. The van der Waals surface area contributed by atoms with Gasteiger partial charge in [-0.2, -0.15) is 0 Å². The molecule has 0 bridgehead atoms. The molecule has 116 valence electrons. The summed E-state index contributed by atoms with van der Waals surface area (Å²) in [6.45, 7) is 4.14. The van der Waals surface area contributed by atoms with Crippen molar-refractivity contribution in [2.24, 2.45) is 0 Å². The Morgan fingerprint density at radius 1 is 0.609 bits per heavy atom. The molecule has 23 heavy (non-hydrogen) atoms. The first-order valence-electron chi connectivity index (χ1n) is 7.71. The van der Waals surface area contributed by atoms with Gasteiger partial charge in [0.05, 0.1) is 0 Å². The van der Waals surface area contributed by atoms with Crippen LogP contribution in [0.2, 0.25) is 0 Å². The van der Waals surface area contributed by atoms with Gasteiger partial charge in [0.15, 0.2) is 11.5 Å². The second-order valence-corrected chi connectivity index (χ2v) is 5.86. The minimum atomic E-state index is -0.121. The third-order valence-corrected chi connectivity index (χ3v) is 4.36. The van der Waals surface area contributed by atoms with E-state index in [2.05, 4.69) is 38.1 Å². The van der Waals surface area contributed by atoms with Gasteiger partial charge in [0.25, 0.3) is 0 Å². The molecule has 0 saturated carbocycles. The molecule has 0 fully saturated rings. The summed E-state index contributed by atoms with van der Waals surface area (Å²) < 4.78 is 0. The average molecular weight is 304 g/mol. The van der Waals surface area contributed by atoms with Gasteiger partial charge in [0, 0.05) is 11.5 Å². The molecule has 3 aromatic rings. The molecule has 0 amide bonds. The molecule has 3 rings (SSSR count). The lowest BCUT2D eigenvalue weighted by Gasteiger charge is -2.23. The van der Waals surface area contributed by atoms with Crippen molar-refractivity contribution in [3.05, 3.63) is 94.5 Å². The minimum Gasteiger partial charge on any atom is -0.504 e.